The Hall–Kier alpha value is -1.32. The smallest absolute Gasteiger partial charge is 0.213 e. The summed E-state index contributed by atoms with van der Waals surface area (Å²) in [5.74, 6) is 1.35. The number of sulfonamides is 1. The molecule has 1 aliphatic rings. The van der Waals surface area contributed by atoms with E-state index in [4.69, 9.17) is 0 Å². The first-order chi connectivity index (χ1) is 12.5. The summed E-state index contributed by atoms with van der Waals surface area (Å²) < 4.78 is 38.9. The Bertz CT molecular complexity index is 704. The quantitative estimate of drug-likeness (QED) is 0.315. The lowest BCUT2D eigenvalue weighted by Crippen LogP contribution is -2.50. The van der Waals surface area contributed by atoms with Crippen molar-refractivity contribution in [1.82, 2.24) is 14.9 Å². The fourth-order valence-electron chi connectivity index (χ4n) is 2.74. The second-order valence-corrected chi connectivity index (χ2v) is 9.39. The lowest BCUT2D eigenvalue weighted by atomic mass is 10.1. The van der Waals surface area contributed by atoms with E-state index in [2.05, 4.69) is 15.6 Å². The molecule has 0 aromatic heterocycles. The average molecular weight is 403 g/mol. The molecule has 1 aromatic carbocycles. The van der Waals surface area contributed by atoms with Gasteiger partial charge in [0.05, 0.1) is 5.75 Å². The summed E-state index contributed by atoms with van der Waals surface area (Å²) in [6.45, 7) is 3.40. The van der Waals surface area contributed by atoms with Crippen LogP contribution in [0.3, 0.4) is 0 Å². The van der Waals surface area contributed by atoms with Gasteiger partial charge in [-0.25, -0.2) is 17.1 Å². The van der Waals surface area contributed by atoms with Crippen LogP contribution < -0.4 is 10.6 Å². The van der Waals surface area contributed by atoms with Gasteiger partial charge in [0, 0.05) is 43.4 Å². The molecule has 1 saturated heterocycles. The van der Waals surface area contributed by atoms with E-state index < -0.39 is 10.0 Å². The normalized spacial score (nSPS) is 17.3. The monoisotopic (exact) mass is 402 g/mol. The topological polar surface area (TPSA) is 73.8 Å². The van der Waals surface area contributed by atoms with Gasteiger partial charge >= 0.3 is 0 Å². The molecular weight excluding hydrogens is 375 g/mol. The summed E-state index contributed by atoms with van der Waals surface area (Å²) in [5.41, 5.74) is 0. The molecule has 1 fully saturated rings. The van der Waals surface area contributed by atoms with Gasteiger partial charge in [-0.05, 0) is 31.9 Å². The first-order valence-corrected chi connectivity index (χ1v) is 11.4. The number of hydrogen-bond acceptors (Lipinski definition) is 4. The van der Waals surface area contributed by atoms with Crippen LogP contribution in [0.4, 0.5) is 4.39 Å². The summed E-state index contributed by atoms with van der Waals surface area (Å²) in [5, 5.41) is 6.56. The zero-order valence-corrected chi connectivity index (χ0v) is 16.9. The van der Waals surface area contributed by atoms with Gasteiger partial charge in [0.2, 0.25) is 10.0 Å². The molecule has 146 valence electrons. The number of thioether (sulfide) groups is 1. The Labute approximate surface area is 159 Å². The molecule has 0 aliphatic carbocycles. The van der Waals surface area contributed by atoms with Gasteiger partial charge in [0.15, 0.2) is 5.96 Å². The molecule has 1 heterocycles. The molecule has 0 radical (unpaired) electrons. The van der Waals surface area contributed by atoms with Gasteiger partial charge in [-0.1, -0.05) is 12.1 Å². The first kappa shape index (κ1) is 21.0. The summed E-state index contributed by atoms with van der Waals surface area (Å²) >= 11 is 1.46. The fraction of sp³-hybridized carbons (Fsp3) is 0.588. The van der Waals surface area contributed by atoms with Crippen molar-refractivity contribution < 1.29 is 12.8 Å². The summed E-state index contributed by atoms with van der Waals surface area (Å²) in [6.07, 6.45) is 1.51. The van der Waals surface area contributed by atoms with Gasteiger partial charge in [0.25, 0.3) is 0 Å². The minimum Gasteiger partial charge on any atom is -0.356 e. The van der Waals surface area contributed by atoms with Crippen molar-refractivity contribution in [2.45, 2.75) is 30.7 Å². The second-order valence-electron chi connectivity index (χ2n) is 6.00. The van der Waals surface area contributed by atoms with Crippen molar-refractivity contribution in [2.24, 2.45) is 4.99 Å². The van der Waals surface area contributed by atoms with Crippen LogP contribution in [0.5, 0.6) is 0 Å². The molecule has 9 heteroatoms. The zero-order valence-electron chi connectivity index (χ0n) is 15.2. The average Bonchev–Trinajstić information content (AvgIpc) is 2.66. The van der Waals surface area contributed by atoms with Crippen LogP contribution in [0.25, 0.3) is 0 Å². The van der Waals surface area contributed by atoms with Crippen molar-refractivity contribution in [2.75, 3.05) is 38.2 Å². The maximum absolute atomic E-state index is 13.6. The highest BCUT2D eigenvalue weighted by Crippen LogP contribution is 2.20. The Morgan fingerprint density at radius 2 is 2.04 bits per heavy atom. The second kappa shape index (κ2) is 10.1. The lowest BCUT2D eigenvalue weighted by molar-refractivity contribution is 0.306. The van der Waals surface area contributed by atoms with E-state index in [1.165, 1.54) is 17.8 Å². The van der Waals surface area contributed by atoms with Crippen molar-refractivity contribution in [3.05, 3.63) is 30.1 Å². The van der Waals surface area contributed by atoms with E-state index in [9.17, 15) is 12.8 Å². The van der Waals surface area contributed by atoms with Gasteiger partial charge in [-0.3, -0.25) is 4.99 Å². The van der Waals surface area contributed by atoms with Crippen LogP contribution in [0.1, 0.15) is 19.8 Å². The van der Waals surface area contributed by atoms with Gasteiger partial charge < -0.3 is 10.6 Å². The minimum absolute atomic E-state index is 0.147. The molecule has 2 N–H and O–H groups in total. The standard InChI is InChI=1S/C17H27FN4O2S2/c1-3-26(23,24)22-11-8-14(9-12-22)21-17(19-2)20-10-13-25-16-7-5-4-6-15(16)18/h4-7,14H,3,8-13H2,1-2H3,(H2,19,20,21). The predicted octanol–water partition coefficient (Wildman–Crippen LogP) is 1.90. The van der Waals surface area contributed by atoms with Gasteiger partial charge in [-0.2, -0.15) is 0 Å². The van der Waals surface area contributed by atoms with Gasteiger partial charge in [0.1, 0.15) is 5.82 Å². The number of aliphatic imine (C=N–C) groups is 1. The Balaban J connectivity index is 1.71. The summed E-state index contributed by atoms with van der Waals surface area (Å²) in [6, 6.07) is 6.93. The summed E-state index contributed by atoms with van der Waals surface area (Å²) in [7, 11) is -1.40. The number of piperidine rings is 1. The molecule has 1 aromatic rings. The molecule has 26 heavy (non-hydrogen) atoms. The third kappa shape index (κ3) is 6.14. The molecule has 0 unspecified atom stereocenters. The lowest BCUT2D eigenvalue weighted by Gasteiger charge is -2.32. The van der Waals surface area contributed by atoms with E-state index in [-0.39, 0.29) is 17.6 Å². The van der Waals surface area contributed by atoms with Crippen LogP contribution >= 0.6 is 11.8 Å². The van der Waals surface area contributed by atoms with E-state index >= 15 is 0 Å². The molecule has 2 rings (SSSR count). The molecule has 0 amide bonds. The van der Waals surface area contributed by atoms with Crippen molar-refractivity contribution in [3.63, 3.8) is 0 Å². The number of rotatable bonds is 7. The van der Waals surface area contributed by atoms with E-state index in [1.807, 2.05) is 6.07 Å². The number of nitrogens with zero attached hydrogens (tertiary/aromatic N) is 2. The molecule has 0 atom stereocenters. The van der Waals surface area contributed by atoms with E-state index in [1.54, 1.807) is 30.4 Å². The van der Waals surface area contributed by atoms with Crippen LogP contribution in [0.2, 0.25) is 0 Å². The molecule has 0 saturated carbocycles. The molecule has 0 bridgehead atoms. The maximum atomic E-state index is 13.6. The van der Waals surface area contributed by atoms with Crippen LogP contribution in [0, 0.1) is 5.82 Å². The Morgan fingerprint density at radius 3 is 2.65 bits per heavy atom. The minimum atomic E-state index is -3.10. The number of nitrogens with one attached hydrogen (secondary N) is 2. The third-order valence-corrected chi connectivity index (χ3v) is 7.20. The van der Waals surface area contributed by atoms with Crippen LogP contribution in [0.15, 0.2) is 34.2 Å². The van der Waals surface area contributed by atoms with E-state index in [0.29, 0.717) is 30.5 Å². The predicted molar refractivity (Wildman–Crippen MR) is 106 cm³/mol. The van der Waals surface area contributed by atoms with Crippen LogP contribution in [-0.4, -0.2) is 62.9 Å². The van der Waals surface area contributed by atoms with E-state index in [0.717, 1.165) is 18.6 Å². The molecule has 1 aliphatic heterocycles. The highest BCUT2D eigenvalue weighted by atomic mass is 32.2. The fourth-order valence-corrected chi connectivity index (χ4v) is 4.68. The Kier molecular flexibility index (Phi) is 8.17. The maximum Gasteiger partial charge on any atom is 0.213 e. The number of benzene rings is 1. The number of guanidine groups is 1. The Morgan fingerprint density at radius 1 is 1.35 bits per heavy atom. The molecule has 6 nitrogen and oxygen atoms in total. The van der Waals surface area contributed by atoms with Crippen molar-refractivity contribution >= 4 is 27.7 Å². The SMILES string of the molecule is CCS(=O)(=O)N1CCC(NC(=NC)NCCSc2ccccc2F)CC1. The van der Waals surface area contributed by atoms with Crippen molar-refractivity contribution in [1.29, 1.82) is 0 Å². The summed E-state index contributed by atoms with van der Waals surface area (Å²) in [4.78, 5) is 4.85. The number of hydrogen-bond donors (Lipinski definition) is 2. The largest absolute Gasteiger partial charge is 0.356 e. The highest BCUT2D eigenvalue weighted by molar-refractivity contribution is 7.99. The first-order valence-electron chi connectivity index (χ1n) is 8.78. The molecule has 0 spiro atoms. The third-order valence-electron chi connectivity index (χ3n) is 4.27. The van der Waals surface area contributed by atoms with Crippen LogP contribution in [-0.2, 0) is 10.0 Å². The highest BCUT2D eigenvalue weighted by Gasteiger charge is 2.26. The van der Waals surface area contributed by atoms with Gasteiger partial charge in [-0.15, -0.1) is 11.8 Å². The molecular formula is C17H27FN4O2S2. The zero-order chi connectivity index (χ0) is 19.0. The van der Waals surface area contributed by atoms with Crippen molar-refractivity contribution in [3.8, 4) is 0 Å². The number of halogens is 1.